The molecule has 9 heteroatoms. The number of rotatable bonds is 4. The number of fused-ring (bicyclic) bond motifs is 2. The van der Waals surface area contributed by atoms with Gasteiger partial charge in [0.25, 0.3) is 11.6 Å². The van der Waals surface area contributed by atoms with Gasteiger partial charge in [-0.3, -0.25) is 14.9 Å². The van der Waals surface area contributed by atoms with Gasteiger partial charge in [0.05, 0.1) is 16.7 Å². The van der Waals surface area contributed by atoms with Crippen LogP contribution in [0, 0.1) is 10.1 Å². The number of nitrogens with zero attached hydrogens (tertiary/aromatic N) is 2. The van der Waals surface area contributed by atoms with Crippen LogP contribution >= 0.6 is 0 Å². The molecule has 9 nitrogen and oxygen atoms in total. The maximum absolute atomic E-state index is 12.3. The van der Waals surface area contributed by atoms with E-state index >= 15 is 0 Å². The van der Waals surface area contributed by atoms with Crippen LogP contribution in [0.15, 0.2) is 59.7 Å². The Morgan fingerprint density at radius 3 is 2.62 bits per heavy atom. The third kappa shape index (κ3) is 3.79. The first-order chi connectivity index (χ1) is 14.0. The van der Waals surface area contributed by atoms with E-state index in [0.717, 1.165) is 23.1 Å². The van der Waals surface area contributed by atoms with E-state index in [9.17, 15) is 20.0 Å². The summed E-state index contributed by atoms with van der Waals surface area (Å²) in [6.45, 7) is -0.00103. The van der Waals surface area contributed by atoms with Gasteiger partial charge in [-0.1, -0.05) is 24.3 Å². The molecule has 0 spiro atoms. The maximum atomic E-state index is 12.3. The molecule has 0 bridgehead atoms. The summed E-state index contributed by atoms with van der Waals surface area (Å²) in [4.78, 5) is 22.8. The summed E-state index contributed by atoms with van der Waals surface area (Å²) in [6, 6.07) is 14.9. The summed E-state index contributed by atoms with van der Waals surface area (Å²) in [5, 5.41) is 26.2. The lowest BCUT2D eigenvalue weighted by molar-refractivity contribution is -0.385. The number of hydrogen-bond acceptors (Lipinski definition) is 7. The number of ether oxygens (including phenoxy) is 2. The molecule has 29 heavy (non-hydrogen) atoms. The van der Waals surface area contributed by atoms with Crippen LogP contribution < -0.4 is 14.9 Å². The molecular formula is C20H15N3O6. The highest BCUT2D eigenvalue weighted by Gasteiger charge is 2.27. The first kappa shape index (κ1) is 18.2. The zero-order valence-electron chi connectivity index (χ0n) is 14.9. The van der Waals surface area contributed by atoms with Gasteiger partial charge in [-0.15, -0.1) is 0 Å². The van der Waals surface area contributed by atoms with Gasteiger partial charge in [0, 0.05) is 6.07 Å². The lowest BCUT2D eigenvalue weighted by Crippen LogP contribution is -2.42. The van der Waals surface area contributed by atoms with E-state index in [1.54, 1.807) is 6.07 Å². The Kier molecular flexibility index (Phi) is 4.70. The number of phenols is 1. The van der Waals surface area contributed by atoms with Crippen molar-refractivity contribution < 1.29 is 24.3 Å². The van der Waals surface area contributed by atoms with Crippen LogP contribution in [-0.2, 0) is 4.79 Å². The summed E-state index contributed by atoms with van der Waals surface area (Å²) >= 11 is 0. The molecule has 0 aromatic heterocycles. The minimum absolute atomic E-state index is 0.00103. The van der Waals surface area contributed by atoms with Gasteiger partial charge in [0.1, 0.15) is 12.4 Å². The molecule has 0 saturated heterocycles. The van der Waals surface area contributed by atoms with Crippen molar-refractivity contribution in [2.45, 2.75) is 6.10 Å². The molecule has 4 rings (SSSR count). The van der Waals surface area contributed by atoms with Crippen LogP contribution in [0.1, 0.15) is 5.56 Å². The minimum Gasteiger partial charge on any atom is -0.508 e. The van der Waals surface area contributed by atoms with Crippen molar-refractivity contribution in [3.05, 3.63) is 70.3 Å². The summed E-state index contributed by atoms with van der Waals surface area (Å²) in [5.74, 6) is 0.272. The zero-order chi connectivity index (χ0) is 20.4. The standard InChI is InChI=1S/C20H15N3O6/c24-15-5-6-16(23(26)27)14(7-15)10-21-22-20(25)19-11-28-17-8-12-3-1-2-4-13(12)9-18(17)29-19/h1-10,19,24H,11H2,(H,22,25)/b21-10-. The van der Waals surface area contributed by atoms with E-state index < -0.39 is 16.9 Å². The number of aromatic hydroxyl groups is 1. The Morgan fingerprint density at radius 1 is 1.17 bits per heavy atom. The van der Waals surface area contributed by atoms with E-state index in [4.69, 9.17) is 9.47 Å². The lowest BCUT2D eigenvalue weighted by atomic mass is 10.1. The van der Waals surface area contributed by atoms with E-state index in [1.807, 2.05) is 30.3 Å². The molecule has 1 unspecified atom stereocenters. The second-order valence-electron chi connectivity index (χ2n) is 6.30. The van der Waals surface area contributed by atoms with Crippen molar-refractivity contribution in [2.75, 3.05) is 6.61 Å². The molecule has 1 amide bonds. The van der Waals surface area contributed by atoms with E-state index in [0.29, 0.717) is 11.5 Å². The van der Waals surface area contributed by atoms with Crippen molar-refractivity contribution in [1.29, 1.82) is 0 Å². The molecule has 0 radical (unpaired) electrons. The number of hydrazone groups is 1. The molecule has 1 aliphatic heterocycles. The van der Waals surface area contributed by atoms with Gasteiger partial charge >= 0.3 is 0 Å². The fourth-order valence-corrected chi connectivity index (χ4v) is 2.93. The second kappa shape index (κ2) is 7.47. The van der Waals surface area contributed by atoms with Gasteiger partial charge < -0.3 is 14.6 Å². The topological polar surface area (TPSA) is 123 Å². The quantitative estimate of drug-likeness (QED) is 0.399. The number of carbonyl (C=O) groups excluding carboxylic acids is 1. The number of amides is 1. The molecule has 2 N–H and O–H groups in total. The average molecular weight is 393 g/mol. The molecular weight excluding hydrogens is 378 g/mol. The van der Waals surface area contributed by atoms with Gasteiger partial charge in [-0.2, -0.15) is 5.10 Å². The molecule has 0 saturated carbocycles. The summed E-state index contributed by atoms with van der Waals surface area (Å²) in [5.41, 5.74) is 2.07. The molecule has 3 aromatic rings. The van der Waals surface area contributed by atoms with Crippen molar-refractivity contribution >= 4 is 28.6 Å². The SMILES string of the molecule is O=C(N/N=C\c1cc(O)ccc1[N+](=O)[O-])C1COc2cc3ccccc3cc2O1. The lowest BCUT2D eigenvalue weighted by Gasteiger charge is -2.25. The number of hydrogen-bond donors (Lipinski definition) is 2. The molecule has 3 aromatic carbocycles. The smallest absolute Gasteiger partial charge is 0.284 e. The number of nitro benzene ring substituents is 1. The molecule has 1 aliphatic rings. The van der Waals surface area contributed by atoms with Gasteiger partial charge in [0.2, 0.25) is 6.10 Å². The summed E-state index contributed by atoms with van der Waals surface area (Å²) < 4.78 is 11.4. The Balaban J connectivity index is 1.46. The van der Waals surface area contributed by atoms with Gasteiger partial charge in [-0.25, -0.2) is 5.43 Å². The Bertz CT molecular complexity index is 1140. The molecule has 0 fully saturated rings. The number of phenolic OH excluding ortho intramolecular Hbond substituents is 1. The highest BCUT2D eigenvalue weighted by molar-refractivity contribution is 5.89. The number of carbonyl (C=O) groups is 1. The third-order valence-electron chi connectivity index (χ3n) is 4.35. The molecule has 1 atom stereocenters. The third-order valence-corrected chi connectivity index (χ3v) is 4.35. The summed E-state index contributed by atoms with van der Waals surface area (Å²) in [7, 11) is 0. The van der Waals surface area contributed by atoms with Crippen molar-refractivity contribution in [3.63, 3.8) is 0 Å². The molecule has 1 heterocycles. The van der Waals surface area contributed by atoms with Crippen LogP contribution in [0.4, 0.5) is 5.69 Å². The van der Waals surface area contributed by atoms with Crippen LogP contribution in [0.5, 0.6) is 17.2 Å². The normalized spacial score (nSPS) is 15.4. The van der Waals surface area contributed by atoms with E-state index in [2.05, 4.69) is 10.5 Å². The first-order valence-corrected chi connectivity index (χ1v) is 8.64. The van der Waals surface area contributed by atoms with E-state index in [1.165, 1.54) is 12.1 Å². The van der Waals surface area contributed by atoms with Crippen LogP contribution in [0.25, 0.3) is 10.8 Å². The number of nitro groups is 1. The fraction of sp³-hybridized carbons (Fsp3) is 0.100. The highest BCUT2D eigenvalue weighted by atomic mass is 16.6. The van der Waals surface area contributed by atoms with Crippen LogP contribution in [0.2, 0.25) is 0 Å². The molecule has 0 aliphatic carbocycles. The fourth-order valence-electron chi connectivity index (χ4n) is 2.93. The minimum atomic E-state index is -0.931. The van der Waals surface area contributed by atoms with E-state index in [-0.39, 0.29) is 23.6 Å². The zero-order valence-corrected chi connectivity index (χ0v) is 14.9. The second-order valence-corrected chi connectivity index (χ2v) is 6.30. The predicted octanol–water partition coefficient (Wildman–Crippen LogP) is 2.74. The summed E-state index contributed by atoms with van der Waals surface area (Å²) in [6.07, 6.45) is 0.154. The number of nitrogens with one attached hydrogen (secondary N) is 1. The highest BCUT2D eigenvalue weighted by Crippen LogP contribution is 2.35. The van der Waals surface area contributed by atoms with Gasteiger partial charge in [0.15, 0.2) is 11.5 Å². The number of benzene rings is 3. The van der Waals surface area contributed by atoms with Crippen molar-refractivity contribution in [2.24, 2.45) is 5.10 Å². The monoisotopic (exact) mass is 393 g/mol. The molecule has 146 valence electrons. The largest absolute Gasteiger partial charge is 0.508 e. The maximum Gasteiger partial charge on any atom is 0.284 e. The average Bonchev–Trinajstić information content (AvgIpc) is 2.71. The Morgan fingerprint density at radius 2 is 1.90 bits per heavy atom. The van der Waals surface area contributed by atoms with Crippen molar-refractivity contribution in [1.82, 2.24) is 5.43 Å². The first-order valence-electron chi connectivity index (χ1n) is 8.64. The van der Waals surface area contributed by atoms with Crippen LogP contribution in [0.3, 0.4) is 0 Å². The Labute approximate surface area is 164 Å². The Hall–Kier alpha value is -4.14. The van der Waals surface area contributed by atoms with Crippen molar-refractivity contribution in [3.8, 4) is 17.2 Å². The van der Waals surface area contributed by atoms with Crippen LogP contribution in [-0.4, -0.2) is 34.9 Å². The predicted molar refractivity (Wildman–Crippen MR) is 104 cm³/mol. The van der Waals surface area contributed by atoms with Gasteiger partial charge in [-0.05, 0) is 35.0 Å².